The molecule has 1 unspecified atom stereocenters. The van der Waals surface area contributed by atoms with Crippen LogP contribution in [-0.4, -0.2) is 11.7 Å². The van der Waals surface area contributed by atoms with Gasteiger partial charge in [-0.15, -0.1) is 0 Å². The Morgan fingerprint density at radius 3 is 2.64 bits per heavy atom. The molecule has 0 aromatic heterocycles. The number of hydrogen-bond acceptors (Lipinski definition) is 2. The van der Waals surface area contributed by atoms with Gasteiger partial charge in [-0.2, -0.15) is 0 Å². The van der Waals surface area contributed by atoms with Crippen molar-refractivity contribution in [3.05, 3.63) is 29.8 Å². The summed E-state index contributed by atoms with van der Waals surface area (Å²) in [4.78, 5) is 0. The van der Waals surface area contributed by atoms with Crippen LogP contribution in [0.2, 0.25) is 0 Å². The smallest absolute Gasteiger partial charge is 0.120 e. The van der Waals surface area contributed by atoms with Gasteiger partial charge in [0.25, 0.3) is 0 Å². The van der Waals surface area contributed by atoms with Crippen LogP contribution in [0.5, 0.6) is 5.75 Å². The molecule has 1 aromatic rings. The second kappa shape index (κ2) is 2.99. The third kappa shape index (κ3) is 1.14. The molecule has 3 aliphatic rings. The van der Waals surface area contributed by atoms with E-state index in [9.17, 15) is 5.11 Å². The SMILES string of the molecule is Oc1ccccc1C1NCC2CC1C2. The Morgan fingerprint density at radius 2 is 2.00 bits per heavy atom. The number of para-hydroxylation sites is 1. The van der Waals surface area contributed by atoms with Gasteiger partial charge in [0.05, 0.1) is 0 Å². The van der Waals surface area contributed by atoms with Gasteiger partial charge in [0.1, 0.15) is 5.75 Å². The van der Waals surface area contributed by atoms with Crippen molar-refractivity contribution in [1.29, 1.82) is 0 Å². The molecule has 2 nitrogen and oxygen atoms in total. The molecule has 0 spiro atoms. The quantitative estimate of drug-likeness (QED) is 0.708. The minimum absolute atomic E-state index is 0.390. The lowest BCUT2D eigenvalue weighted by atomic mass is 9.66. The number of rotatable bonds is 1. The van der Waals surface area contributed by atoms with E-state index in [1.54, 1.807) is 6.07 Å². The highest BCUT2D eigenvalue weighted by atomic mass is 16.3. The summed E-state index contributed by atoms with van der Waals surface area (Å²) in [5.41, 5.74) is 1.08. The number of piperidine rings is 2. The zero-order valence-electron chi connectivity index (χ0n) is 8.11. The maximum atomic E-state index is 9.76. The minimum atomic E-state index is 0.390. The van der Waals surface area contributed by atoms with Gasteiger partial charge in [-0.3, -0.25) is 0 Å². The predicted molar refractivity (Wildman–Crippen MR) is 55.1 cm³/mol. The van der Waals surface area contributed by atoms with Crippen molar-refractivity contribution in [1.82, 2.24) is 5.32 Å². The van der Waals surface area contributed by atoms with E-state index in [1.165, 1.54) is 12.8 Å². The number of phenols is 1. The fourth-order valence-electron chi connectivity index (χ4n) is 2.80. The van der Waals surface area contributed by atoms with Gasteiger partial charge in [-0.05, 0) is 37.3 Å². The number of benzene rings is 1. The van der Waals surface area contributed by atoms with Gasteiger partial charge in [0, 0.05) is 11.6 Å². The Kier molecular flexibility index (Phi) is 1.77. The molecule has 2 N–H and O–H groups in total. The third-order valence-corrected chi connectivity index (χ3v) is 3.64. The van der Waals surface area contributed by atoms with Crippen molar-refractivity contribution in [2.45, 2.75) is 18.9 Å². The van der Waals surface area contributed by atoms with E-state index in [-0.39, 0.29) is 0 Å². The standard InChI is InChI=1S/C12H15NO/c14-11-4-2-1-3-10(11)12-9-5-8(6-9)7-13-12/h1-4,8-9,12-14H,5-7H2. The second-order valence-corrected chi connectivity index (χ2v) is 4.54. The summed E-state index contributed by atoms with van der Waals surface area (Å²) in [6.45, 7) is 1.12. The van der Waals surface area contributed by atoms with Crippen LogP contribution in [0.15, 0.2) is 24.3 Å². The van der Waals surface area contributed by atoms with Crippen molar-refractivity contribution in [2.24, 2.45) is 11.8 Å². The van der Waals surface area contributed by atoms with E-state index in [0.29, 0.717) is 11.8 Å². The lowest BCUT2D eigenvalue weighted by Gasteiger charge is -2.47. The van der Waals surface area contributed by atoms with Crippen LogP contribution in [0.4, 0.5) is 0 Å². The monoisotopic (exact) mass is 189 g/mol. The Hall–Kier alpha value is -1.02. The molecule has 0 radical (unpaired) electrons. The van der Waals surface area contributed by atoms with Crippen LogP contribution >= 0.6 is 0 Å². The van der Waals surface area contributed by atoms with Gasteiger partial charge in [0.15, 0.2) is 0 Å². The molecule has 1 aromatic carbocycles. The van der Waals surface area contributed by atoms with E-state index < -0.39 is 0 Å². The van der Waals surface area contributed by atoms with E-state index in [2.05, 4.69) is 5.32 Å². The van der Waals surface area contributed by atoms with Crippen LogP contribution in [0.1, 0.15) is 24.4 Å². The third-order valence-electron chi connectivity index (χ3n) is 3.64. The van der Waals surface area contributed by atoms with E-state index in [0.717, 1.165) is 23.9 Å². The van der Waals surface area contributed by atoms with Gasteiger partial charge in [-0.1, -0.05) is 18.2 Å². The molecule has 3 fully saturated rings. The van der Waals surface area contributed by atoms with Crippen LogP contribution in [0.25, 0.3) is 0 Å². The Bertz CT molecular complexity index is 341. The molecule has 4 rings (SSSR count). The molecule has 1 aliphatic carbocycles. The first-order valence-corrected chi connectivity index (χ1v) is 5.36. The van der Waals surface area contributed by atoms with Crippen molar-refractivity contribution in [3.63, 3.8) is 0 Å². The van der Waals surface area contributed by atoms with Gasteiger partial charge in [0.2, 0.25) is 0 Å². The number of aromatic hydroxyl groups is 1. The molecule has 1 atom stereocenters. The lowest BCUT2D eigenvalue weighted by Crippen LogP contribution is -2.48. The fraction of sp³-hybridized carbons (Fsp3) is 0.500. The normalized spacial score (nSPS) is 35.0. The predicted octanol–water partition coefficient (Wildman–Crippen LogP) is 2.06. The van der Waals surface area contributed by atoms with Crippen LogP contribution in [-0.2, 0) is 0 Å². The molecule has 2 heteroatoms. The van der Waals surface area contributed by atoms with Crippen LogP contribution in [0.3, 0.4) is 0 Å². The summed E-state index contributed by atoms with van der Waals surface area (Å²) in [6.07, 6.45) is 2.68. The maximum absolute atomic E-state index is 9.76. The van der Waals surface area contributed by atoms with Gasteiger partial charge < -0.3 is 10.4 Å². The van der Waals surface area contributed by atoms with Crippen molar-refractivity contribution in [2.75, 3.05) is 6.54 Å². The molecular formula is C12H15NO. The molecule has 2 heterocycles. The summed E-state index contributed by atoms with van der Waals surface area (Å²) < 4.78 is 0. The van der Waals surface area contributed by atoms with Gasteiger partial charge >= 0.3 is 0 Å². The number of nitrogens with one attached hydrogen (secondary N) is 1. The first-order valence-electron chi connectivity index (χ1n) is 5.36. The minimum Gasteiger partial charge on any atom is -0.508 e. The van der Waals surface area contributed by atoms with E-state index in [1.807, 2.05) is 18.2 Å². The molecule has 0 amide bonds. The molecule has 2 bridgehead atoms. The second-order valence-electron chi connectivity index (χ2n) is 4.54. The maximum Gasteiger partial charge on any atom is 0.120 e. The highest BCUT2D eigenvalue weighted by molar-refractivity contribution is 5.35. The van der Waals surface area contributed by atoms with Crippen molar-refractivity contribution >= 4 is 0 Å². The van der Waals surface area contributed by atoms with Crippen molar-refractivity contribution < 1.29 is 5.11 Å². The topological polar surface area (TPSA) is 32.3 Å². The molecule has 14 heavy (non-hydrogen) atoms. The first-order chi connectivity index (χ1) is 6.84. The highest BCUT2D eigenvalue weighted by Gasteiger charge is 2.40. The Balaban J connectivity index is 1.90. The number of fused-ring (bicyclic) bond motifs is 2. The lowest BCUT2D eigenvalue weighted by molar-refractivity contribution is 0.0819. The molecule has 74 valence electrons. The summed E-state index contributed by atoms with van der Waals surface area (Å²) >= 11 is 0. The Labute approximate surface area is 84.0 Å². The average molecular weight is 189 g/mol. The summed E-state index contributed by atoms with van der Waals surface area (Å²) in [6, 6.07) is 8.08. The average Bonchev–Trinajstić information content (AvgIpc) is 2.17. The summed E-state index contributed by atoms with van der Waals surface area (Å²) in [5, 5.41) is 13.3. The Morgan fingerprint density at radius 1 is 1.21 bits per heavy atom. The van der Waals surface area contributed by atoms with E-state index >= 15 is 0 Å². The zero-order valence-corrected chi connectivity index (χ0v) is 8.11. The zero-order chi connectivity index (χ0) is 9.54. The van der Waals surface area contributed by atoms with Crippen molar-refractivity contribution in [3.8, 4) is 5.75 Å². The molecular weight excluding hydrogens is 174 g/mol. The fourth-order valence-corrected chi connectivity index (χ4v) is 2.80. The van der Waals surface area contributed by atoms with E-state index in [4.69, 9.17) is 0 Å². The molecule has 2 aliphatic heterocycles. The largest absolute Gasteiger partial charge is 0.508 e. The molecule has 2 saturated heterocycles. The first kappa shape index (κ1) is 8.30. The molecule has 1 saturated carbocycles. The summed E-state index contributed by atoms with van der Waals surface area (Å²) in [7, 11) is 0. The summed E-state index contributed by atoms with van der Waals surface area (Å²) in [5.74, 6) is 2.10. The highest BCUT2D eigenvalue weighted by Crippen LogP contribution is 2.47. The van der Waals surface area contributed by atoms with Crippen LogP contribution < -0.4 is 5.32 Å². The number of hydrogen-bond donors (Lipinski definition) is 2. The number of phenolic OH excluding ortho intramolecular Hbond substituents is 1. The van der Waals surface area contributed by atoms with Gasteiger partial charge in [-0.25, -0.2) is 0 Å². The van der Waals surface area contributed by atoms with Crippen LogP contribution in [0, 0.1) is 11.8 Å².